The maximum absolute atomic E-state index is 12.2. The average Bonchev–Trinajstić information content (AvgIpc) is 2.35. The number of hydrogen-bond acceptors (Lipinski definition) is 5. The van der Waals surface area contributed by atoms with Crippen LogP contribution < -0.4 is 11.1 Å². The van der Waals surface area contributed by atoms with Crippen LogP contribution in [0, 0.1) is 0 Å². The predicted octanol–water partition coefficient (Wildman–Crippen LogP) is -1.11. The molecule has 19 heavy (non-hydrogen) atoms. The smallest absolute Gasteiger partial charge is 0.241 e. The molecular weight excluding hydrogens is 270 g/mol. The maximum atomic E-state index is 12.2. The Morgan fingerprint density at radius 3 is 2.79 bits per heavy atom. The van der Waals surface area contributed by atoms with Gasteiger partial charge in [-0.05, 0) is 26.8 Å². The van der Waals surface area contributed by atoms with Gasteiger partial charge in [0.05, 0.1) is 19.0 Å². The fourth-order valence-electron chi connectivity index (χ4n) is 1.89. The number of carbonyl (C=O) groups excluding carboxylic acids is 1. The third-order valence-electron chi connectivity index (χ3n) is 2.78. The van der Waals surface area contributed by atoms with Gasteiger partial charge < -0.3 is 15.8 Å². The Bertz CT molecular complexity index is 397. The number of amides is 1. The standard InChI is InChI=1S/C11H23N3O4S/c1-9(2)13-11(15)10-8-18-6-5-14(10)19(16,17)7-3-4-12/h9-10H,3-8,12H2,1-2H3,(H,13,15). The van der Waals surface area contributed by atoms with Crippen LogP contribution in [0.1, 0.15) is 20.3 Å². The molecule has 1 saturated heterocycles. The summed E-state index contributed by atoms with van der Waals surface area (Å²) in [7, 11) is -3.46. The number of sulfonamides is 1. The minimum absolute atomic E-state index is 0.0328. The molecule has 0 aromatic carbocycles. The first kappa shape index (κ1) is 16.4. The highest BCUT2D eigenvalue weighted by Gasteiger charge is 2.37. The summed E-state index contributed by atoms with van der Waals surface area (Å²) in [6.45, 7) is 4.59. The summed E-state index contributed by atoms with van der Waals surface area (Å²) in [5.41, 5.74) is 5.34. The molecule has 0 radical (unpaired) electrons. The van der Waals surface area contributed by atoms with Crippen LogP contribution >= 0.6 is 0 Å². The molecule has 1 heterocycles. The van der Waals surface area contributed by atoms with E-state index in [1.165, 1.54) is 4.31 Å². The topological polar surface area (TPSA) is 102 Å². The second-order valence-corrected chi connectivity index (χ2v) is 6.86. The molecule has 0 bridgehead atoms. The summed E-state index contributed by atoms with van der Waals surface area (Å²) in [4.78, 5) is 12.0. The van der Waals surface area contributed by atoms with Gasteiger partial charge in [-0.1, -0.05) is 0 Å². The Labute approximate surface area is 114 Å². The summed E-state index contributed by atoms with van der Waals surface area (Å²) in [6, 6.07) is -0.818. The van der Waals surface area contributed by atoms with Crippen molar-refractivity contribution >= 4 is 15.9 Å². The number of nitrogens with zero attached hydrogens (tertiary/aromatic N) is 1. The number of nitrogens with one attached hydrogen (secondary N) is 1. The molecule has 112 valence electrons. The highest BCUT2D eigenvalue weighted by molar-refractivity contribution is 7.89. The number of nitrogens with two attached hydrogens (primary N) is 1. The lowest BCUT2D eigenvalue weighted by Crippen LogP contribution is -2.57. The van der Waals surface area contributed by atoms with Gasteiger partial charge in [-0.25, -0.2) is 8.42 Å². The summed E-state index contributed by atoms with van der Waals surface area (Å²) in [5.74, 6) is -0.347. The highest BCUT2D eigenvalue weighted by atomic mass is 32.2. The van der Waals surface area contributed by atoms with Crippen molar-refractivity contribution in [1.29, 1.82) is 0 Å². The van der Waals surface area contributed by atoms with Crippen molar-refractivity contribution in [2.24, 2.45) is 5.73 Å². The fourth-order valence-corrected chi connectivity index (χ4v) is 3.55. The van der Waals surface area contributed by atoms with E-state index in [-0.39, 0.29) is 30.9 Å². The largest absolute Gasteiger partial charge is 0.378 e. The minimum atomic E-state index is -3.46. The van der Waals surface area contributed by atoms with Gasteiger partial charge in [0.15, 0.2) is 0 Å². The molecule has 8 heteroatoms. The van der Waals surface area contributed by atoms with Crippen LogP contribution in [-0.4, -0.2) is 62.8 Å². The average molecular weight is 293 g/mol. The lowest BCUT2D eigenvalue weighted by atomic mass is 10.2. The fraction of sp³-hybridized carbons (Fsp3) is 0.909. The van der Waals surface area contributed by atoms with E-state index in [9.17, 15) is 13.2 Å². The van der Waals surface area contributed by atoms with Gasteiger partial charge in [-0.3, -0.25) is 4.79 Å². The Hall–Kier alpha value is -0.700. The van der Waals surface area contributed by atoms with E-state index in [4.69, 9.17) is 10.5 Å². The zero-order valence-corrected chi connectivity index (χ0v) is 12.3. The molecule has 1 atom stereocenters. The van der Waals surface area contributed by atoms with Crippen LogP contribution in [0.2, 0.25) is 0 Å². The summed E-state index contributed by atoms with van der Waals surface area (Å²) in [6.07, 6.45) is 0.387. The van der Waals surface area contributed by atoms with E-state index < -0.39 is 16.1 Å². The molecule has 7 nitrogen and oxygen atoms in total. The second-order valence-electron chi connectivity index (χ2n) is 4.82. The first-order valence-corrected chi connectivity index (χ1v) is 8.07. The molecule has 1 rings (SSSR count). The van der Waals surface area contributed by atoms with Gasteiger partial charge in [0.2, 0.25) is 15.9 Å². The van der Waals surface area contributed by atoms with Crippen LogP contribution in [0.25, 0.3) is 0 Å². The van der Waals surface area contributed by atoms with Crippen molar-refractivity contribution in [3.8, 4) is 0 Å². The second kappa shape index (κ2) is 7.18. The Morgan fingerprint density at radius 2 is 2.21 bits per heavy atom. The van der Waals surface area contributed by atoms with Crippen LogP contribution in [0.3, 0.4) is 0 Å². The third kappa shape index (κ3) is 4.72. The summed E-state index contributed by atoms with van der Waals surface area (Å²) < 4.78 is 30.8. The molecule has 0 aromatic heterocycles. The SMILES string of the molecule is CC(C)NC(=O)C1COCCN1S(=O)(=O)CCCN. The van der Waals surface area contributed by atoms with Crippen molar-refractivity contribution in [3.05, 3.63) is 0 Å². The van der Waals surface area contributed by atoms with Crippen LogP contribution in [0.15, 0.2) is 0 Å². The van der Waals surface area contributed by atoms with Crippen LogP contribution in [0.5, 0.6) is 0 Å². The van der Waals surface area contributed by atoms with E-state index in [1.54, 1.807) is 0 Å². The minimum Gasteiger partial charge on any atom is -0.378 e. The van der Waals surface area contributed by atoms with Crippen LogP contribution in [-0.2, 0) is 19.6 Å². The number of morpholine rings is 1. The van der Waals surface area contributed by atoms with Crippen LogP contribution in [0.4, 0.5) is 0 Å². The summed E-state index contributed by atoms with van der Waals surface area (Å²) >= 11 is 0. The van der Waals surface area contributed by atoms with E-state index in [0.29, 0.717) is 19.6 Å². The monoisotopic (exact) mass is 293 g/mol. The first-order chi connectivity index (χ1) is 8.88. The maximum Gasteiger partial charge on any atom is 0.241 e. The quantitative estimate of drug-likeness (QED) is 0.646. The molecule has 1 aliphatic rings. The number of hydrogen-bond donors (Lipinski definition) is 2. The molecule has 0 aromatic rings. The zero-order valence-electron chi connectivity index (χ0n) is 11.5. The number of rotatable bonds is 6. The van der Waals surface area contributed by atoms with Gasteiger partial charge in [-0.15, -0.1) is 0 Å². The predicted molar refractivity (Wildman–Crippen MR) is 72.0 cm³/mol. The van der Waals surface area contributed by atoms with Crippen molar-refractivity contribution in [1.82, 2.24) is 9.62 Å². The molecule has 0 saturated carbocycles. The number of ether oxygens (including phenoxy) is 1. The van der Waals surface area contributed by atoms with E-state index in [0.717, 1.165) is 0 Å². The molecule has 0 spiro atoms. The van der Waals surface area contributed by atoms with Crippen molar-refractivity contribution in [2.45, 2.75) is 32.4 Å². The summed E-state index contributed by atoms with van der Waals surface area (Å²) in [5, 5.41) is 2.72. The van der Waals surface area contributed by atoms with E-state index in [1.807, 2.05) is 13.8 Å². The molecule has 1 amide bonds. The van der Waals surface area contributed by atoms with E-state index in [2.05, 4.69) is 5.32 Å². The Kier molecular flexibility index (Phi) is 6.18. The normalized spacial score (nSPS) is 21.6. The van der Waals surface area contributed by atoms with Crippen molar-refractivity contribution in [3.63, 3.8) is 0 Å². The number of carbonyl (C=O) groups is 1. The molecule has 1 unspecified atom stereocenters. The van der Waals surface area contributed by atoms with Crippen molar-refractivity contribution < 1.29 is 17.9 Å². The third-order valence-corrected chi connectivity index (χ3v) is 4.73. The van der Waals surface area contributed by atoms with Gasteiger partial charge in [0.1, 0.15) is 6.04 Å². The first-order valence-electron chi connectivity index (χ1n) is 6.46. The molecule has 1 fully saturated rings. The molecule has 1 aliphatic heterocycles. The zero-order chi connectivity index (χ0) is 14.5. The van der Waals surface area contributed by atoms with E-state index >= 15 is 0 Å². The molecule has 0 aliphatic carbocycles. The Balaban J connectivity index is 2.80. The highest BCUT2D eigenvalue weighted by Crippen LogP contribution is 2.14. The molecule has 3 N–H and O–H groups in total. The lowest BCUT2D eigenvalue weighted by Gasteiger charge is -2.34. The van der Waals surface area contributed by atoms with Gasteiger partial charge in [0.25, 0.3) is 0 Å². The van der Waals surface area contributed by atoms with Gasteiger partial charge >= 0.3 is 0 Å². The van der Waals surface area contributed by atoms with Gasteiger partial charge in [-0.2, -0.15) is 4.31 Å². The van der Waals surface area contributed by atoms with Crippen molar-refractivity contribution in [2.75, 3.05) is 32.1 Å². The van der Waals surface area contributed by atoms with Gasteiger partial charge in [0, 0.05) is 12.6 Å². The lowest BCUT2D eigenvalue weighted by molar-refractivity contribution is -0.129. The molecular formula is C11H23N3O4S. The Morgan fingerprint density at radius 1 is 1.53 bits per heavy atom.